The summed E-state index contributed by atoms with van der Waals surface area (Å²) in [7, 11) is 0. The Kier molecular flexibility index (Phi) is 99.4. The quantitative estimate of drug-likeness (QED) is 0.264. The van der Waals surface area contributed by atoms with Crippen LogP contribution in [0.25, 0.3) is 0 Å². The molecule has 0 fully saturated rings. The van der Waals surface area contributed by atoms with Crippen LogP contribution in [0, 0.1) is 0 Å². The zero-order valence-electron chi connectivity index (χ0n) is 8.71. The van der Waals surface area contributed by atoms with Crippen LogP contribution in [0.3, 0.4) is 0 Å². The summed E-state index contributed by atoms with van der Waals surface area (Å²) in [5.41, 5.74) is 0. The molecule has 0 aliphatic heterocycles. The monoisotopic (exact) mass is 98.0 g/mol. The molecule has 0 heterocycles. The van der Waals surface area contributed by atoms with Crippen molar-refractivity contribution in [3.05, 3.63) is 0 Å². The zero-order valence-corrected chi connectivity index (χ0v) is 11.1. The maximum Gasteiger partial charge on any atom is 2.00 e. The van der Waals surface area contributed by atoms with Gasteiger partial charge in [-0.2, -0.15) is 0 Å². The van der Waals surface area contributed by atoms with E-state index in [9.17, 15) is 0 Å². The summed E-state index contributed by atoms with van der Waals surface area (Å²) in [6.45, 7) is 0. The van der Waals surface area contributed by atoms with Gasteiger partial charge >= 0.3 is 112 Å². The summed E-state index contributed by atoms with van der Waals surface area (Å²) in [6.07, 6.45) is 0. The Labute approximate surface area is 116 Å². The molecule has 4 heteroatoms. The van der Waals surface area contributed by atoms with E-state index in [0.717, 1.165) is 0 Å². The first-order chi connectivity index (χ1) is 0. The predicted octanol–water partition coefficient (Wildman–Crippen LogP) is -8.81. The van der Waals surface area contributed by atoms with Gasteiger partial charge in [0.2, 0.25) is 0 Å². The van der Waals surface area contributed by atoms with Gasteiger partial charge < -0.3 is 7.13 Å². The smallest absolute Gasteiger partial charge is 1.00 e. The van der Waals surface area contributed by atoms with Crippen LogP contribution in [0.4, 0.5) is 0 Å². The fraction of sp³-hybridized carbons (Fsp3) is 0. The topological polar surface area (TPSA) is 0 Å². The summed E-state index contributed by atoms with van der Waals surface area (Å²) >= 11 is 0. The van der Waals surface area contributed by atoms with Gasteiger partial charge in [0.1, 0.15) is 0 Å². The van der Waals surface area contributed by atoms with Crippen LogP contribution in [0.1, 0.15) is 7.13 Å². The van der Waals surface area contributed by atoms with Gasteiger partial charge in [-0.15, -0.1) is 0 Å². The van der Waals surface area contributed by atoms with E-state index in [1.807, 2.05) is 0 Å². The van der Waals surface area contributed by atoms with Crippen molar-refractivity contribution in [2.45, 2.75) is 0 Å². The van der Waals surface area contributed by atoms with Crippen molar-refractivity contribution >= 4 is 23.1 Å². The van der Waals surface area contributed by atoms with E-state index in [0.29, 0.717) is 0 Å². The molecule has 0 aromatic heterocycles. The van der Waals surface area contributed by atoms with Crippen molar-refractivity contribution in [2.24, 2.45) is 0 Å². The first kappa shape index (κ1) is 25.1. The van der Waals surface area contributed by atoms with Crippen molar-refractivity contribution in [3.63, 3.8) is 0 Å². The summed E-state index contributed by atoms with van der Waals surface area (Å²) in [5, 5.41) is 0. The Morgan fingerprint density at radius 1 is 0.750 bits per heavy atom. The fourth-order valence-electron chi connectivity index (χ4n) is 0. The molecule has 0 rings (SSSR count). The molecule has 0 amide bonds. The summed E-state index contributed by atoms with van der Waals surface area (Å²) in [4.78, 5) is 0. The summed E-state index contributed by atoms with van der Waals surface area (Å²) in [5.74, 6) is 0. The number of hydrogen-bond acceptors (Lipinski definition) is 0. The molecule has 0 aliphatic rings. The van der Waals surface area contributed by atoms with Crippen molar-refractivity contribution in [2.75, 3.05) is 0 Å². The van der Waals surface area contributed by atoms with Gasteiger partial charge in [-0.3, -0.25) is 0 Å². The Balaban J connectivity index is 0. The van der Waals surface area contributed by atoms with Gasteiger partial charge in [-0.05, 0) is 0 Å². The molecule has 0 atom stereocenters. The second kappa shape index (κ2) is 15.9. The van der Waals surface area contributed by atoms with Crippen molar-refractivity contribution in [1.29, 1.82) is 0 Å². The van der Waals surface area contributed by atoms with Crippen LogP contribution in [0.15, 0.2) is 0 Å². The second-order valence-electron chi connectivity index (χ2n) is 0. The van der Waals surface area contributed by atoms with Crippen LogP contribution in [0.2, 0.25) is 0 Å². The standard InChI is InChI=1S/Mg.3Na.5H/q+2;3*+1;5*-1. The zero-order chi connectivity index (χ0) is 0. The van der Waals surface area contributed by atoms with Gasteiger partial charge in [0, 0.05) is 0 Å². The third kappa shape index (κ3) is 9.23. The van der Waals surface area contributed by atoms with Crippen LogP contribution in [-0.4, -0.2) is 23.1 Å². The molecule has 0 spiro atoms. The molecule has 0 saturated heterocycles. The Morgan fingerprint density at radius 2 is 0.750 bits per heavy atom. The number of rotatable bonds is 0. The minimum absolute atomic E-state index is 0. The van der Waals surface area contributed by atoms with E-state index in [1.54, 1.807) is 0 Å². The molecule has 0 unspecified atom stereocenters. The van der Waals surface area contributed by atoms with Crippen molar-refractivity contribution < 1.29 is 95.8 Å². The SMILES string of the molecule is [H-].[H-].[H-].[H-].[H-].[Mg+2].[Na+].[Na+].[Na+]. The molecule has 10 valence electrons. The molecule has 0 nitrogen and oxygen atoms in total. The third-order valence-electron chi connectivity index (χ3n) is 0. The first-order valence-corrected chi connectivity index (χ1v) is 0. The molecule has 4 heavy (non-hydrogen) atoms. The molecular weight excluding hydrogens is 93.3 g/mol. The normalized spacial score (nSPS) is 0. The van der Waals surface area contributed by atoms with E-state index in [2.05, 4.69) is 0 Å². The van der Waals surface area contributed by atoms with E-state index < -0.39 is 0 Å². The average Bonchev–Trinajstić information content (AvgIpc) is 0. The molecule has 0 aliphatic carbocycles. The van der Waals surface area contributed by atoms with E-state index in [4.69, 9.17) is 0 Å². The van der Waals surface area contributed by atoms with Crippen LogP contribution in [-0.2, 0) is 0 Å². The van der Waals surface area contributed by atoms with Crippen LogP contribution in [0.5, 0.6) is 0 Å². The largest absolute Gasteiger partial charge is 2.00 e. The minimum Gasteiger partial charge on any atom is -1.00 e. The maximum absolute atomic E-state index is 0. The molecule has 0 saturated carbocycles. The summed E-state index contributed by atoms with van der Waals surface area (Å²) in [6, 6.07) is 0. The Bertz CT molecular complexity index is 12.2. The van der Waals surface area contributed by atoms with E-state index in [-0.39, 0.29) is 119 Å². The minimum atomic E-state index is 0. The van der Waals surface area contributed by atoms with E-state index >= 15 is 0 Å². The number of hydrogen-bond donors (Lipinski definition) is 0. The molecule has 0 bridgehead atoms. The predicted molar refractivity (Wildman–Crippen MR) is 11.3 cm³/mol. The van der Waals surface area contributed by atoms with Crippen LogP contribution >= 0.6 is 0 Å². The van der Waals surface area contributed by atoms with Gasteiger partial charge in [-0.1, -0.05) is 0 Å². The first-order valence-electron chi connectivity index (χ1n) is 0. The van der Waals surface area contributed by atoms with Gasteiger partial charge in [0.15, 0.2) is 0 Å². The van der Waals surface area contributed by atoms with Crippen LogP contribution < -0.4 is 88.7 Å². The molecule has 0 radical (unpaired) electrons. The van der Waals surface area contributed by atoms with Crippen molar-refractivity contribution in [1.82, 2.24) is 0 Å². The fourth-order valence-corrected chi connectivity index (χ4v) is 0. The Hall–Kier alpha value is 3.77. The summed E-state index contributed by atoms with van der Waals surface area (Å²) < 4.78 is 0. The molecule has 0 aromatic rings. The molecule has 0 aromatic carbocycles. The maximum atomic E-state index is 0. The second-order valence-corrected chi connectivity index (χ2v) is 0. The van der Waals surface area contributed by atoms with Gasteiger partial charge in [0.05, 0.1) is 0 Å². The molecule has 0 N–H and O–H groups in total. The van der Waals surface area contributed by atoms with E-state index in [1.165, 1.54) is 0 Å². The van der Waals surface area contributed by atoms with Crippen molar-refractivity contribution in [3.8, 4) is 0 Å². The van der Waals surface area contributed by atoms with Gasteiger partial charge in [0.25, 0.3) is 0 Å². The molecular formula is H5MgNa3. The third-order valence-corrected chi connectivity index (χ3v) is 0. The van der Waals surface area contributed by atoms with Gasteiger partial charge in [-0.25, -0.2) is 0 Å². The Morgan fingerprint density at radius 3 is 0.750 bits per heavy atom. The average molecular weight is 98.3 g/mol.